The quantitative estimate of drug-likeness (QED) is 0.543. The van der Waals surface area contributed by atoms with E-state index < -0.39 is 23.2 Å². The van der Waals surface area contributed by atoms with Gasteiger partial charge in [-0.1, -0.05) is 12.1 Å². The molecular formula is C24H25F4N5O. The number of halogens is 4. The predicted octanol–water partition coefficient (Wildman–Crippen LogP) is 4.72. The zero-order chi connectivity index (χ0) is 24.1. The Morgan fingerprint density at radius 2 is 1.79 bits per heavy atom. The molecule has 10 heteroatoms. The molecule has 1 saturated carbocycles. The molecule has 6 nitrogen and oxygen atoms in total. The highest BCUT2D eigenvalue weighted by molar-refractivity contribution is 5.98. The molecule has 3 heterocycles. The lowest BCUT2D eigenvalue weighted by Crippen LogP contribution is -2.51. The van der Waals surface area contributed by atoms with Crippen LogP contribution in [0, 0.1) is 5.41 Å². The third-order valence-electron chi connectivity index (χ3n) is 7.04. The summed E-state index contributed by atoms with van der Waals surface area (Å²) < 4.78 is 56.8. The van der Waals surface area contributed by atoms with Crippen molar-refractivity contribution < 1.29 is 22.4 Å². The van der Waals surface area contributed by atoms with Crippen LogP contribution in [0.15, 0.2) is 42.9 Å². The smallest absolute Gasteiger partial charge is 0.308 e. The van der Waals surface area contributed by atoms with E-state index in [4.69, 9.17) is 0 Å². The first-order valence-electron chi connectivity index (χ1n) is 11.3. The third-order valence-corrected chi connectivity index (χ3v) is 7.04. The average Bonchev–Trinajstić information content (AvgIpc) is 3.47. The molecule has 34 heavy (non-hydrogen) atoms. The van der Waals surface area contributed by atoms with Gasteiger partial charge in [-0.2, -0.15) is 18.3 Å². The zero-order valence-corrected chi connectivity index (χ0v) is 18.7. The summed E-state index contributed by atoms with van der Waals surface area (Å²) in [4.78, 5) is 18.6. The highest BCUT2D eigenvalue weighted by Crippen LogP contribution is 2.58. The molecule has 180 valence electrons. The monoisotopic (exact) mass is 475 g/mol. The summed E-state index contributed by atoms with van der Waals surface area (Å²) >= 11 is 0. The minimum Gasteiger partial charge on any atom is -0.308 e. The van der Waals surface area contributed by atoms with E-state index in [2.05, 4.69) is 15.4 Å². The molecular weight excluding hydrogens is 450 g/mol. The lowest BCUT2D eigenvalue weighted by Gasteiger charge is -2.37. The average molecular weight is 475 g/mol. The molecule has 0 radical (unpaired) electrons. The van der Waals surface area contributed by atoms with Crippen molar-refractivity contribution >= 4 is 22.5 Å². The maximum atomic E-state index is 15.4. The number of piperidine rings is 1. The molecule has 0 unspecified atom stereocenters. The first-order valence-corrected chi connectivity index (χ1v) is 11.3. The number of nitrogens with zero attached hydrogens (tertiary/aromatic N) is 4. The normalized spacial score (nSPS) is 19.8. The number of nitrogens with one attached hydrogen (secondary N) is 1. The number of alkyl halides is 4. The van der Waals surface area contributed by atoms with E-state index in [1.165, 1.54) is 0 Å². The molecule has 2 aliphatic rings. The summed E-state index contributed by atoms with van der Waals surface area (Å²) in [6.45, 7) is 0.0996. The predicted molar refractivity (Wildman–Crippen MR) is 120 cm³/mol. The fraction of sp³-hybridized carbons (Fsp3) is 0.458. The van der Waals surface area contributed by atoms with Crippen LogP contribution in [0.3, 0.4) is 0 Å². The van der Waals surface area contributed by atoms with Crippen LogP contribution in [0.5, 0.6) is 0 Å². The van der Waals surface area contributed by atoms with Gasteiger partial charge in [0, 0.05) is 62.9 Å². The fourth-order valence-electron chi connectivity index (χ4n) is 4.59. The van der Waals surface area contributed by atoms with E-state index in [1.54, 1.807) is 28.0 Å². The zero-order valence-electron chi connectivity index (χ0n) is 18.7. The van der Waals surface area contributed by atoms with E-state index in [9.17, 15) is 18.0 Å². The Balaban J connectivity index is 1.25. The van der Waals surface area contributed by atoms with Crippen molar-refractivity contribution in [2.24, 2.45) is 12.5 Å². The summed E-state index contributed by atoms with van der Waals surface area (Å²) in [5.74, 6) is -0.575. The molecule has 1 N–H and O–H groups in total. The van der Waals surface area contributed by atoms with Gasteiger partial charge in [0.1, 0.15) is 5.82 Å². The van der Waals surface area contributed by atoms with Crippen molar-refractivity contribution in [1.82, 2.24) is 19.7 Å². The summed E-state index contributed by atoms with van der Waals surface area (Å²) in [7, 11) is 1.83. The van der Waals surface area contributed by atoms with Crippen molar-refractivity contribution in [3.8, 4) is 11.1 Å². The minimum atomic E-state index is -4.24. The summed E-state index contributed by atoms with van der Waals surface area (Å²) in [5, 5.41) is 8.44. The molecule has 1 aliphatic heterocycles. The Bertz CT molecular complexity index is 1230. The van der Waals surface area contributed by atoms with Gasteiger partial charge in [0.25, 0.3) is 5.91 Å². The van der Waals surface area contributed by atoms with Crippen molar-refractivity contribution in [1.29, 1.82) is 0 Å². The maximum Gasteiger partial charge on any atom is 0.395 e. The van der Waals surface area contributed by atoms with Crippen LogP contribution in [-0.2, 0) is 11.8 Å². The number of benzene rings is 1. The highest BCUT2D eigenvalue weighted by Gasteiger charge is 2.63. The third kappa shape index (κ3) is 4.26. The second kappa shape index (κ2) is 8.04. The molecule has 1 saturated heterocycles. The number of aromatic nitrogens is 3. The Morgan fingerprint density at radius 3 is 2.41 bits per heavy atom. The molecule has 1 amide bonds. The largest absolute Gasteiger partial charge is 0.395 e. The standard InChI is InChI=1S/C24H25F4N5O/c1-32-14-19(13-30-32)16-2-3-17-12-29-20(11-18(17)10-16)31-21(34)23(25)6-8-33(9-7-23)15-22(4-5-22)24(26,27)28/h2-3,10-14H,4-9,15H2,1H3,(H,29,31,34). The Labute approximate surface area is 193 Å². The van der Waals surface area contributed by atoms with Gasteiger partial charge in [-0.3, -0.25) is 9.48 Å². The Morgan fingerprint density at radius 1 is 1.06 bits per heavy atom. The van der Waals surface area contributed by atoms with Gasteiger partial charge in [-0.05, 0) is 35.9 Å². The SMILES string of the molecule is Cn1cc(-c2ccc3cnc(NC(=O)C4(F)CCN(CC5(C(F)(F)F)CC5)CC4)cc3c2)cn1. The number of aryl methyl sites for hydroxylation is 1. The Kier molecular flexibility index (Phi) is 5.38. The number of rotatable bonds is 5. The van der Waals surface area contributed by atoms with Crippen LogP contribution in [0.2, 0.25) is 0 Å². The first-order chi connectivity index (χ1) is 16.1. The van der Waals surface area contributed by atoms with Crippen molar-refractivity contribution in [2.75, 3.05) is 25.0 Å². The van der Waals surface area contributed by atoms with E-state index in [0.717, 1.165) is 21.9 Å². The summed E-state index contributed by atoms with van der Waals surface area (Å²) in [6, 6.07) is 7.50. The second-order valence-corrected chi connectivity index (χ2v) is 9.51. The second-order valence-electron chi connectivity index (χ2n) is 9.51. The number of pyridine rings is 1. The van der Waals surface area contributed by atoms with Gasteiger partial charge in [0.2, 0.25) is 0 Å². The number of hydrogen-bond acceptors (Lipinski definition) is 4. The van der Waals surface area contributed by atoms with E-state index in [0.29, 0.717) is 0 Å². The van der Waals surface area contributed by atoms with Gasteiger partial charge in [-0.15, -0.1) is 0 Å². The molecule has 3 aromatic rings. The van der Waals surface area contributed by atoms with Crippen LogP contribution in [-0.4, -0.2) is 57.1 Å². The van der Waals surface area contributed by atoms with E-state index in [-0.39, 0.29) is 51.1 Å². The molecule has 2 fully saturated rings. The van der Waals surface area contributed by atoms with E-state index in [1.807, 2.05) is 31.4 Å². The number of hydrogen-bond donors (Lipinski definition) is 1. The van der Waals surface area contributed by atoms with Crippen LogP contribution in [0.4, 0.5) is 23.4 Å². The molecule has 1 aliphatic carbocycles. The number of carbonyl (C=O) groups excluding carboxylic acids is 1. The van der Waals surface area contributed by atoms with Gasteiger partial charge in [-0.25, -0.2) is 9.37 Å². The van der Waals surface area contributed by atoms with Gasteiger partial charge in [0.15, 0.2) is 5.67 Å². The fourth-order valence-corrected chi connectivity index (χ4v) is 4.59. The van der Waals surface area contributed by atoms with Crippen LogP contribution in [0.25, 0.3) is 21.9 Å². The molecule has 0 spiro atoms. The number of fused-ring (bicyclic) bond motifs is 1. The molecule has 0 atom stereocenters. The topological polar surface area (TPSA) is 63.1 Å². The van der Waals surface area contributed by atoms with Crippen molar-refractivity contribution in [3.63, 3.8) is 0 Å². The van der Waals surface area contributed by atoms with Crippen LogP contribution >= 0.6 is 0 Å². The van der Waals surface area contributed by atoms with Gasteiger partial charge >= 0.3 is 6.18 Å². The molecule has 2 aromatic heterocycles. The van der Waals surface area contributed by atoms with Crippen molar-refractivity contribution in [3.05, 3.63) is 42.9 Å². The lowest BCUT2D eigenvalue weighted by molar-refractivity contribution is -0.193. The number of anilines is 1. The number of carbonyl (C=O) groups is 1. The highest BCUT2D eigenvalue weighted by atomic mass is 19.4. The van der Waals surface area contributed by atoms with Gasteiger partial charge < -0.3 is 10.2 Å². The lowest BCUT2D eigenvalue weighted by atomic mass is 9.91. The molecule has 1 aromatic carbocycles. The van der Waals surface area contributed by atoms with Gasteiger partial charge in [0.05, 0.1) is 11.6 Å². The first kappa shape index (κ1) is 22.8. The van der Waals surface area contributed by atoms with E-state index >= 15 is 4.39 Å². The number of amides is 1. The van der Waals surface area contributed by atoms with Crippen LogP contribution < -0.4 is 5.32 Å². The Hall–Kier alpha value is -3.01. The molecule has 0 bridgehead atoms. The maximum absolute atomic E-state index is 15.4. The minimum absolute atomic E-state index is 0.112. The summed E-state index contributed by atoms with van der Waals surface area (Å²) in [6.07, 6.45) is 0.949. The molecule has 5 rings (SSSR count). The van der Waals surface area contributed by atoms with Crippen molar-refractivity contribution in [2.45, 2.75) is 37.5 Å². The van der Waals surface area contributed by atoms with Crippen LogP contribution in [0.1, 0.15) is 25.7 Å². The number of likely N-dealkylation sites (tertiary alicyclic amines) is 1. The summed E-state index contributed by atoms with van der Waals surface area (Å²) in [5.41, 5.74) is -1.90.